The van der Waals surface area contributed by atoms with Gasteiger partial charge in [0.2, 0.25) is 5.95 Å². The molecule has 2 aromatic heterocycles. The van der Waals surface area contributed by atoms with Crippen LogP contribution in [0.1, 0.15) is 20.1 Å². The number of nitrogen functional groups attached to an aromatic ring is 1. The molecule has 16 heteroatoms. The topological polar surface area (TPSA) is 159 Å². The number of benzene rings is 1. The number of aromatic nitrogens is 4. The fraction of sp³-hybridized carbons (Fsp3) is 0.478. The van der Waals surface area contributed by atoms with Crippen LogP contribution in [0.5, 0.6) is 5.75 Å². The van der Waals surface area contributed by atoms with Crippen LogP contribution < -0.4 is 20.2 Å². The van der Waals surface area contributed by atoms with Gasteiger partial charge < -0.3 is 34.3 Å². The van der Waals surface area contributed by atoms with Gasteiger partial charge in [0.05, 0.1) is 20.0 Å². The molecule has 1 saturated heterocycles. The molecule has 3 aromatic rings. The zero-order valence-electron chi connectivity index (χ0n) is 22.0. The second kappa shape index (κ2) is 11.3. The number of nitrogens with zero attached hydrogens (tertiary/aromatic N) is 5. The molecule has 1 unspecified atom stereocenters. The van der Waals surface area contributed by atoms with Gasteiger partial charge in [-0.15, -0.1) is 0 Å². The summed E-state index contributed by atoms with van der Waals surface area (Å²) in [5.41, 5.74) is 4.22. The summed E-state index contributed by atoms with van der Waals surface area (Å²) in [6.45, 7) is -1.02. The normalized spacial score (nSPS) is 25.3. The summed E-state index contributed by atoms with van der Waals surface area (Å²) in [4.78, 5) is 26.5. The van der Waals surface area contributed by atoms with Crippen molar-refractivity contribution in [1.82, 2.24) is 24.6 Å². The van der Waals surface area contributed by atoms with Crippen molar-refractivity contribution in [2.24, 2.45) is 0 Å². The Bertz CT molecular complexity index is 1380. The largest absolute Gasteiger partial charge is 0.468 e. The second-order valence-corrected chi connectivity index (χ2v) is 12.5. The summed E-state index contributed by atoms with van der Waals surface area (Å²) in [5, 5.41) is 13.8. The van der Waals surface area contributed by atoms with Gasteiger partial charge in [-0.05, 0) is 37.8 Å². The minimum atomic E-state index is -3.42. The van der Waals surface area contributed by atoms with Gasteiger partial charge in [-0.1, -0.05) is 18.2 Å². The first-order valence-corrected chi connectivity index (χ1v) is 14.5. The fourth-order valence-corrected chi connectivity index (χ4v) is 6.52. The van der Waals surface area contributed by atoms with Crippen LogP contribution in [-0.4, -0.2) is 82.3 Å². The van der Waals surface area contributed by atoms with Gasteiger partial charge in [0, 0.05) is 14.1 Å². The number of imidazole rings is 1. The van der Waals surface area contributed by atoms with Crippen molar-refractivity contribution in [3.05, 3.63) is 36.7 Å². The number of nitrogens with two attached hydrogens (primary N) is 1. The summed E-state index contributed by atoms with van der Waals surface area (Å²) in [6.07, 6.45) is -2.75. The van der Waals surface area contributed by atoms with Crippen molar-refractivity contribution in [2.75, 3.05) is 38.4 Å². The number of aliphatic hydroxyl groups is 1. The molecule has 0 spiro atoms. The minimum absolute atomic E-state index is 0.0310. The number of carbonyl (C=O) groups excluding carboxylic acids is 1. The van der Waals surface area contributed by atoms with Crippen LogP contribution in [0, 0.1) is 0 Å². The van der Waals surface area contributed by atoms with Crippen molar-refractivity contribution in [3.8, 4) is 5.75 Å². The Balaban J connectivity index is 1.59. The van der Waals surface area contributed by atoms with E-state index in [4.69, 9.17) is 36.1 Å². The molecule has 6 atom stereocenters. The Hall–Kier alpha value is -2.94. The standard InChI is InChI=1S/C23H31FN7O6PS/c1-13(20(33)34-5)29-38(39,37-14-9-7-6-8-10-14)35-11-15-17(32)23(2,24)21(36-15)31-12-26-16-18(30(3)4)27-22(25)28-19(16)31/h6-10,12-13,15,17,21,32H,11H2,1-5H3,(H,29,39)(H2,25,27,28)/t13-,15+,17+,21+,23+,38?/m0/s1. The first kappa shape index (κ1) is 29.1. The van der Waals surface area contributed by atoms with Crippen LogP contribution >= 0.6 is 6.64 Å². The fourth-order valence-electron chi connectivity index (χ4n) is 4.10. The van der Waals surface area contributed by atoms with E-state index in [2.05, 4.69) is 20.0 Å². The quantitative estimate of drug-likeness (QED) is 0.235. The third-order valence-corrected chi connectivity index (χ3v) is 8.60. The molecule has 212 valence electrons. The number of fused-ring (bicyclic) bond motifs is 1. The average Bonchev–Trinajstić information content (AvgIpc) is 3.39. The third-order valence-electron chi connectivity index (χ3n) is 6.10. The van der Waals surface area contributed by atoms with E-state index in [9.17, 15) is 9.90 Å². The lowest BCUT2D eigenvalue weighted by Gasteiger charge is -2.27. The van der Waals surface area contributed by atoms with Crippen LogP contribution in [0.15, 0.2) is 36.7 Å². The Kier molecular flexibility index (Phi) is 8.40. The summed E-state index contributed by atoms with van der Waals surface area (Å²) in [7, 11) is 4.77. The lowest BCUT2D eigenvalue weighted by molar-refractivity contribution is -0.142. The molecule has 3 heterocycles. The lowest BCUT2D eigenvalue weighted by Crippen LogP contribution is -2.41. The van der Waals surface area contributed by atoms with Gasteiger partial charge in [-0.25, -0.2) is 14.5 Å². The maximum absolute atomic E-state index is 16.0. The van der Waals surface area contributed by atoms with E-state index < -0.39 is 42.8 Å². The van der Waals surface area contributed by atoms with Gasteiger partial charge in [-0.2, -0.15) is 9.97 Å². The molecule has 4 rings (SSSR count). The molecule has 1 aliphatic heterocycles. The predicted molar refractivity (Wildman–Crippen MR) is 145 cm³/mol. The molecule has 39 heavy (non-hydrogen) atoms. The molecule has 1 aliphatic rings. The van der Waals surface area contributed by atoms with Gasteiger partial charge in [0.25, 0.3) is 0 Å². The Labute approximate surface area is 229 Å². The maximum Gasteiger partial charge on any atom is 0.323 e. The van der Waals surface area contributed by atoms with E-state index in [0.29, 0.717) is 17.1 Å². The van der Waals surface area contributed by atoms with Crippen LogP contribution in [0.4, 0.5) is 16.2 Å². The number of halogens is 1. The first-order valence-electron chi connectivity index (χ1n) is 11.9. The number of para-hydroxylation sites is 1. The van der Waals surface area contributed by atoms with E-state index in [1.54, 1.807) is 56.3 Å². The van der Waals surface area contributed by atoms with Gasteiger partial charge in [-0.3, -0.25) is 9.36 Å². The zero-order chi connectivity index (χ0) is 28.5. The van der Waals surface area contributed by atoms with Gasteiger partial charge in [0.15, 0.2) is 28.9 Å². The maximum atomic E-state index is 16.0. The van der Waals surface area contributed by atoms with E-state index in [0.717, 1.165) is 0 Å². The number of alkyl halides is 1. The molecular weight excluding hydrogens is 552 g/mol. The molecule has 1 aromatic carbocycles. The summed E-state index contributed by atoms with van der Waals surface area (Å²) in [6, 6.07) is 7.76. The number of hydrogen-bond acceptors (Lipinski definition) is 12. The number of aliphatic hydroxyl groups excluding tert-OH is 1. The molecule has 0 radical (unpaired) electrons. The Morgan fingerprint density at radius 1 is 1.38 bits per heavy atom. The first-order chi connectivity index (χ1) is 18.4. The summed E-state index contributed by atoms with van der Waals surface area (Å²) < 4.78 is 39.9. The molecule has 0 saturated carbocycles. The van der Waals surface area contributed by atoms with Crippen molar-refractivity contribution in [3.63, 3.8) is 0 Å². The number of anilines is 2. The SMILES string of the molecule is COC(=O)[C@H](C)NP(=S)(OC[C@H]1O[C@@H](n2cnc3c(N(C)C)nc(N)nc32)[C@](C)(F)[C@@H]1O)Oc1ccccc1. The van der Waals surface area contributed by atoms with Crippen molar-refractivity contribution >= 4 is 47.3 Å². The highest BCUT2D eigenvalue weighted by Gasteiger charge is 2.56. The van der Waals surface area contributed by atoms with E-state index >= 15 is 4.39 Å². The highest BCUT2D eigenvalue weighted by molar-refractivity contribution is 8.09. The number of nitrogens with one attached hydrogen (secondary N) is 1. The Morgan fingerprint density at radius 3 is 2.72 bits per heavy atom. The molecule has 0 aliphatic carbocycles. The van der Waals surface area contributed by atoms with E-state index in [1.165, 1.54) is 24.9 Å². The average molecular weight is 584 g/mol. The number of esters is 1. The molecule has 0 bridgehead atoms. The van der Waals surface area contributed by atoms with Crippen LogP contribution in [0.3, 0.4) is 0 Å². The van der Waals surface area contributed by atoms with Crippen molar-refractivity contribution < 1.29 is 32.8 Å². The van der Waals surface area contributed by atoms with Gasteiger partial charge in [0.1, 0.15) is 24.0 Å². The third kappa shape index (κ3) is 5.98. The highest BCUT2D eigenvalue weighted by atomic mass is 32.5. The predicted octanol–water partition coefficient (Wildman–Crippen LogP) is 1.93. The number of ether oxygens (including phenoxy) is 2. The summed E-state index contributed by atoms with van der Waals surface area (Å²) in [5.74, 6) is 0.227. The number of carbonyl (C=O) groups is 1. The van der Waals surface area contributed by atoms with E-state index in [1.807, 2.05) is 0 Å². The molecule has 13 nitrogen and oxygen atoms in total. The highest BCUT2D eigenvalue weighted by Crippen LogP contribution is 2.48. The lowest BCUT2D eigenvalue weighted by atomic mass is 9.98. The second-order valence-electron chi connectivity index (χ2n) is 9.32. The smallest absolute Gasteiger partial charge is 0.323 e. The molecule has 0 amide bonds. The van der Waals surface area contributed by atoms with E-state index in [-0.39, 0.29) is 18.2 Å². The molecular formula is C23H31FN7O6PS. The van der Waals surface area contributed by atoms with Gasteiger partial charge >= 0.3 is 12.6 Å². The monoisotopic (exact) mass is 583 g/mol. The zero-order valence-corrected chi connectivity index (χ0v) is 23.7. The number of rotatable bonds is 10. The molecule has 1 fully saturated rings. The van der Waals surface area contributed by atoms with Crippen LogP contribution in [0.2, 0.25) is 0 Å². The Morgan fingerprint density at radius 2 is 2.08 bits per heavy atom. The van der Waals surface area contributed by atoms with Crippen LogP contribution in [-0.2, 0) is 30.6 Å². The van der Waals surface area contributed by atoms with Crippen molar-refractivity contribution in [1.29, 1.82) is 0 Å². The number of methoxy groups -OCH3 is 1. The molecule has 4 N–H and O–H groups in total. The van der Waals surface area contributed by atoms with Crippen molar-refractivity contribution in [2.45, 2.75) is 44.0 Å². The number of hydrogen-bond donors (Lipinski definition) is 3. The van der Waals surface area contributed by atoms with Crippen LogP contribution in [0.25, 0.3) is 11.2 Å². The summed E-state index contributed by atoms with van der Waals surface area (Å²) >= 11 is 5.65. The minimum Gasteiger partial charge on any atom is -0.468 e.